The van der Waals surface area contributed by atoms with Gasteiger partial charge in [0.15, 0.2) is 0 Å². The maximum absolute atomic E-state index is 11.6. The number of nitrogens with one attached hydrogen (secondary N) is 1. The maximum Gasteiger partial charge on any atom is 0.240 e. The number of hydrogen-bond acceptors (Lipinski definition) is 2. The zero-order valence-electron chi connectivity index (χ0n) is 11.1. The van der Waals surface area contributed by atoms with Crippen LogP contribution in [0.4, 0.5) is 0 Å². The Morgan fingerprint density at radius 3 is 2.50 bits per heavy atom. The van der Waals surface area contributed by atoms with Crippen molar-refractivity contribution in [2.24, 2.45) is 11.7 Å². The second kappa shape index (κ2) is 6.19. The molecule has 0 saturated heterocycles. The van der Waals surface area contributed by atoms with E-state index in [1.807, 2.05) is 31.2 Å². The highest BCUT2D eigenvalue weighted by Gasteiger charge is 2.19. The Balaban J connectivity index is 2.75. The summed E-state index contributed by atoms with van der Waals surface area (Å²) in [6.45, 7) is 5.54. The number of carbonyl (C=O) groups excluding carboxylic acids is 2. The van der Waals surface area contributed by atoms with Crippen molar-refractivity contribution in [1.29, 1.82) is 0 Å². The number of benzene rings is 1. The van der Waals surface area contributed by atoms with Crippen molar-refractivity contribution in [3.8, 4) is 0 Å². The normalized spacial score (nSPS) is 12.2. The van der Waals surface area contributed by atoms with Crippen LogP contribution in [-0.2, 0) is 16.0 Å². The molecule has 0 aliphatic heterocycles. The fourth-order valence-corrected chi connectivity index (χ4v) is 1.64. The van der Waals surface area contributed by atoms with Crippen LogP contribution in [0.3, 0.4) is 0 Å². The molecule has 1 rings (SSSR count). The molecular weight excluding hydrogens is 228 g/mol. The Kier molecular flexibility index (Phi) is 4.89. The van der Waals surface area contributed by atoms with E-state index >= 15 is 0 Å². The van der Waals surface area contributed by atoms with E-state index < -0.39 is 11.9 Å². The van der Waals surface area contributed by atoms with Crippen molar-refractivity contribution >= 4 is 11.8 Å². The van der Waals surface area contributed by atoms with E-state index in [0.717, 1.165) is 11.1 Å². The number of rotatable bonds is 5. The van der Waals surface area contributed by atoms with Gasteiger partial charge in [-0.25, -0.2) is 0 Å². The monoisotopic (exact) mass is 248 g/mol. The maximum atomic E-state index is 11.6. The fourth-order valence-electron chi connectivity index (χ4n) is 1.64. The standard InChI is InChI=1S/C14H20N2O2/c1-9(2)14(18)16-12(13(15)17)8-11-6-4-5-10(3)7-11/h4-7,9,12H,8H2,1-3H3,(H2,15,17)(H,16,18)/t12-/m1/s1. The Hall–Kier alpha value is -1.84. The molecule has 18 heavy (non-hydrogen) atoms. The summed E-state index contributed by atoms with van der Waals surface area (Å²) >= 11 is 0. The molecule has 0 bridgehead atoms. The Morgan fingerprint density at radius 2 is 2.00 bits per heavy atom. The molecule has 2 amide bonds. The SMILES string of the molecule is Cc1cccc(C[C@@H](NC(=O)C(C)C)C(N)=O)c1. The highest BCUT2D eigenvalue weighted by molar-refractivity contribution is 5.87. The number of carbonyl (C=O) groups is 2. The quantitative estimate of drug-likeness (QED) is 0.820. The number of nitrogens with two attached hydrogens (primary N) is 1. The minimum Gasteiger partial charge on any atom is -0.368 e. The Bertz CT molecular complexity index is 441. The van der Waals surface area contributed by atoms with E-state index in [0.29, 0.717) is 6.42 Å². The first-order valence-corrected chi connectivity index (χ1v) is 6.05. The van der Waals surface area contributed by atoms with Crippen LogP contribution in [0, 0.1) is 12.8 Å². The van der Waals surface area contributed by atoms with Crippen molar-refractivity contribution in [3.63, 3.8) is 0 Å². The van der Waals surface area contributed by atoms with Crippen molar-refractivity contribution in [2.45, 2.75) is 33.2 Å². The first kappa shape index (κ1) is 14.2. The summed E-state index contributed by atoms with van der Waals surface area (Å²) in [6.07, 6.45) is 0.426. The summed E-state index contributed by atoms with van der Waals surface area (Å²) in [5.74, 6) is -0.832. The summed E-state index contributed by atoms with van der Waals surface area (Å²) in [5, 5.41) is 2.67. The van der Waals surface area contributed by atoms with E-state index in [1.165, 1.54) is 0 Å². The van der Waals surface area contributed by atoms with Crippen LogP contribution in [0.25, 0.3) is 0 Å². The van der Waals surface area contributed by atoms with Gasteiger partial charge in [0.2, 0.25) is 11.8 Å². The van der Waals surface area contributed by atoms with E-state index in [9.17, 15) is 9.59 Å². The van der Waals surface area contributed by atoms with Gasteiger partial charge in [0.25, 0.3) is 0 Å². The van der Waals surface area contributed by atoms with Gasteiger partial charge in [0.05, 0.1) is 0 Å². The molecule has 0 aliphatic rings. The van der Waals surface area contributed by atoms with E-state index in [4.69, 9.17) is 5.73 Å². The minimum absolute atomic E-state index is 0.161. The zero-order valence-corrected chi connectivity index (χ0v) is 11.1. The topological polar surface area (TPSA) is 72.2 Å². The van der Waals surface area contributed by atoms with E-state index in [1.54, 1.807) is 13.8 Å². The Morgan fingerprint density at radius 1 is 1.33 bits per heavy atom. The van der Waals surface area contributed by atoms with Gasteiger partial charge in [-0.1, -0.05) is 43.7 Å². The van der Waals surface area contributed by atoms with Gasteiger partial charge in [-0.15, -0.1) is 0 Å². The Labute approximate surface area is 108 Å². The number of primary amides is 1. The van der Waals surface area contributed by atoms with Crippen molar-refractivity contribution in [3.05, 3.63) is 35.4 Å². The molecule has 0 heterocycles. The summed E-state index contributed by atoms with van der Waals surface area (Å²) in [4.78, 5) is 23.0. The molecule has 4 heteroatoms. The number of hydrogen-bond donors (Lipinski definition) is 2. The highest BCUT2D eigenvalue weighted by Crippen LogP contribution is 2.07. The molecule has 0 fully saturated rings. The van der Waals surface area contributed by atoms with Crippen LogP contribution in [0.5, 0.6) is 0 Å². The second-order valence-electron chi connectivity index (χ2n) is 4.81. The molecule has 1 aromatic rings. The molecule has 3 N–H and O–H groups in total. The van der Waals surface area contributed by atoms with Crippen LogP contribution < -0.4 is 11.1 Å². The summed E-state index contributed by atoms with van der Waals surface area (Å²) < 4.78 is 0. The molecule has 0 saturated carbocycles. The van der Waals surface area contributed by atoms with Gasteiger partial charge in [-0.2, -0.15) is 0 Å². The highest BCUT2D eigenvalue weighted by atomic mass is 16.2. The molecule has 0 aromatic heterocycles. The van der Waals surface area contributed by atoms with E-state index in [-0.39, 0.29) is 11.8 Å². The molecule has 1 atom stereocenters. The second-order valence-corrected chi connectivity index (χ2v) is 4.81. The van der Waals surface area contributed by atoms with Crippen molar-refractivity contribution < 1.29 is 9.59 Å². The predicted molar refractivity (Wildman–Crippen MR) is 70.8 cm³/mol. The molecule has 98 valence electrons. The van der Waals surface area contributed by atoms with Gasteiger partial charge in [0, 0.05) is 12.3 Å². The molecule has 0 aliphatic carbocycles. The van der Waals surface area contributed by atoms with Crippen molar-refractivity contribution in [1.82, 2.24) is 5.32 Å². The lowest BCUT2D eigenvalue weighted by molar-refractivity contribution is -0.129. The number of aryl methyl sites for hydroxylation is 1. The van der Waals surface area contributed by atoms with Crippen molar-refractivity contribution in [2.75, 3.05) is 0 Å². The fraction of sp³-hybridized carbons (Fsp3) is 0.429. The summed E-state index contributed by atoms with van der Waals surface area (Å²) in [7, 11) is 0. The molecular formula is C14H20N2O2. The number of amides is 2. The lowest BCUT2D eigenvalue weighted by Gasteiger charge is -2.17. The largest absolute Gasteiger partial charge is 0.368 e. The molecule has 0 spiro atoms. The van der Waals surface area contributed by atoms with Crippen LogP contribution in [-0.4, -0.2) is 17.9 Å². The van der Waals surface area contributed by atoms with Gasteiger partial charge in [0.1, 0.15) is 6.04 Å². The first-order valence-electron chi connectivity index (χ1n) is 6.05. The van der Waals surface area contributed by atoms with Crippen LogP contribution in [0.2, 0.25) is 0 Å². The molecule has 0 unspecified atom stereocenters. The van der Waals surface area contributed by atoms with Gasteiger partial charge < -0.3 is 11.1 Å². The smallest absolute Gasteiger partial charge is 0.240 e. The third-order valence-electron chi connectivity index (χ3n) is 2.71. The van der Waals surface area contributed by atoms with Gasteiger partial charge >= 0.3 is 0 Å². The average molecular weight is 248 g/mol. The third kappa shape index (κ3) is 4.20. The minimum atomic E-state index is -0.651. The van der Waals surface area contributed by atoms with Gasteiger partial charge in [-0.05, 0) is 12.5 Å². The summed E-state index contributed by atoms with van der Waals surface area (Å²) in [5.41, 5.74) is 7.42. The lowest BCUT2D eigenvalue weighted by atomic mass is 10.0. The van der Waals surface area contributed by atoms with Crippen LogP contribution in [0.15, 0.2) is 24.3 Å². The lowest BCUT2D eigenvalue weighted by Crippen LogP contribution is -2.47. The third-order valence-corrected chi connectivity index (χ3v) is 2.71. The van der Waals surface area contributed by atoms with Crippen LogP contribution >= 0.6 is 0 Å². The predicted octanol–water partition coefficient (Wildman–Crippen LogP) is 1.16. The first-order chi connectivity index (χ1) is 8.40. The van der Waals surface area contributed by atoms with E-state index in [2.05, 4.69) is 5.32 Å². The molecule has 1 aromatic carbocycles. The molecule has 0 radical (unpaired) electrons. The van der Waals surface area contributed by atoms with Gasteiger partial charge in [-0.3, -0.25) is 9.59 Å². The average Bonchev–Trinajstić information content (AvgIpc) is 2.27. The molecule has 4 nitrogen and oxygen atoms in total. The zero-order chi connectivity index (χ0) is 13.7. The summed E-state index contributed by atoms with van der Waals surface area (Å²) in [6, 6.07) is 7.16. The van der Waals surface area contributed by atoms with Crippen LogP contribution in [0.1, 0.15) is 25.0 Å².